The molecule has 0 aliphatic heterocycles. The first-order valence-electron chi connectivity index (χ1n) is 6.16. The van der Waals surface area contributed by atoms with Crippen LogP contribution in [-0.4, -0.2) is 5.11 Å². The van der Waals surface area contributed by atoms with E-state index in [9.17, 15) is 13.9 Å². The van der Waals surface area contributed by atoms with Crippen LogP contribution in [0.25, 0.3) is 0 Å². The average Bonchev–Trinajstić information content (AvgIpc) is 2.37. The molecule has 0 heterocycles. The molecule has 2 rings (SSSR count). The van der Waals surface area contributed by atoms with Gasteiger partial charge in [0.05, 0.1) is 6.10 Å². The van der Waals surface area contributed by atoms with Crippen LogP contribution in [0, 0.1) is 25.5 Å². The number of benzene rings is 2. The molecule has 1 atom stereocenters. The molecular formula is C16H16F2O. The normalized spacial score (nSPS) is 12.5. The van der Waals surface area contributed by atoms with Crippen LogP contribution in [0.1, 0.15) is 28.4 Å². The lowest BCUT2D eigenvalue weighted by molar-refractivity contribution is 0.177. The van der Waals surface area contributed by atoms with Crippen LogP contribution in [0.5, 0.6) is 0 Å². The zero-order valence-electron chi connectivity index (χ0n) is 11.0. The molecule has 19 heavy (non-hydrogen) atoms. The fraction of sp³-hybridized carbons (Fsp3) is 0.250. The van der Waals surface area contributed by atoms with E-state index in [-0.39, 0.29) is 12.0 Å². The van der Waals surface area contributed by atoms with Gasteiger partial charge in [-0.25, -0.2) is 8.78 Å². The third-order valence-electron chi connectivity index (χ3n) is 3.34. The summed E-state index contributed by atoms with van der Waals surface area (Å²) >= 11 is 0. The summed E-state index contributed by atoms with van der Waals surface area (Å²) in [6.07, 6.45) is -0.776. The fourth-order valence-electron chi connectivity index (χ4n) is 2.00. The van der Waals surface area contributed by atoms with E-state index >= 15 is 0 Å². The molecule has 0 fully saturated rings. The molecule has 0 spiro atoms. The van der Waals surface area contributed by atoms with Crippen LogP contribution in [0.3, 0.4) is 0 Å². The van der Waals surface area contributed by atoms with Gasteiger partial charge in [-0.3, -0.25) is 0 Å². The van der Waals surface area contributed by atoms with E-state index < -0.39 is 17.7 Å². The van der Waals surface area contributed by atoms with E-state index in [0.717, 1.165) is 29.3 Å². The molecule has 3 heteroatoms. The second-order valence-electron chi connectivity index (χ2n) is 4.80. The van der Waals surface area contributed by atoms with Crippen molar-refractivity contribution in [2.45, 2.75) is 26.4 Å². The molecule has 1 N–H and O–H groups in total. The summed E-state index contributed by atoms with van der Waals surface area (Å²) in [5, 5.41) is 10.1. The molecule has 0 radical (unpaired) electrons. The minimum atomic E-state index is -0.837. The van der Waals surface area contributed by atoms with Crippen molar-refractivity contribution >= 4 is 0 Å². The highest BCUT2D eigenvalue weighted by molar-refractivity contribution is 5.32. The third-order valence-corrected chi connectivity index (χ3v) is 3.34. The number of aliphatic hydroxyl groups is 1. The van der Waals surface area contributed by atoms with Crippen LogP contribution in [0.15, 0.2) is 36.4 Å². The highest BCUT2D eigenvalue weighted by Crippen LogP contribution is 2.22. The van der Waals surface area contributed by atoms with E-state index in [4.69, 9.17) is 0 Å². The molecule has 0 aliphatic carbocycles. The molecule has 0 aromatic heterocycles. The SMILES string of the molecule is Cc1ccc(C(O)Cc2cc(F)ccc2F)cc1C. The van der Waals surface area contributed by atoms with Gasteiger partial charge in [-0.2, -0.15) is 0 Å². The minimum Gasteiger partial charge on any atom is -0.388 e. The summed E-state index contributed by atoms with van der Waals surface area (Å²) < 4.78 is 26.6. The van der Waals surface area contributed by atoms with Crippen LogP contribution in [0.4, 0.5) is 8.78 Å². The molecular weight excluding hydrogens is 246 g/mol. The number of aryl methyl sites for hydroxylation is 2. The molecule has 0 saturated carbocycles. The Balaban J connectivity index is 2.22. The Bertz CT molecular complexity index is 593. The standard InChI is InChI=1S/C16H16F2O/c1-10-3-4-12(7-11(10)2)16(19)9-13-8-14(17)5-6-15(13)18/h3-8,16,19H,9H2,1-2H3. The summed E-state index contributed by atoms with van der Waals surface area (Å²) in [6.45, 7) is 3.94. The van der Waals surface area contributed by atoms with E-state index in [0.29, 0.717) is 5.56 Å². The minimum absolute atomic E-state index is 0.0616. The third kappa shape index (κ3) is 3.18. The topological polar surface area (TPSA) is 20.2 Å². The van der Waals surface area contributed by atoms with E-state index in [1.54, 1.807) is 0 Å². The van der Waals surface area contributed by atoms with Gasteiger partial charge in [0, 0.05) is 6.42 Å². The van der Waals surface area contributed by atoms with Gasteiger partial charge in [-0.15, -0.1) is 0 Å². The smallest absolute Gasteiger partial charge is 0.126 e. The largest absolute Gasteiger partial charge is 0.388 e. The summed E-state index contributed by atoms with van der Waals surface area (Å²) in [6, 6.07) is 8.87. The Kier molecular flexibility index (Phi) is 3.96. The van der Waals surface area contributed by atoms with Gasteiger partial charge in [-0.1, -0.05) is 18.2 Å². The average molecular weight is 262 g/mol. The Morgan fingerprint density at radius 1 is 1.00 bits per heavy atom. The maximum atomic E-state index is 13.5. The van der Waals surface area contributed by atoms with Crippen molar-refractivity contribution < 1.29 is 13.9 Å². The fourth-order valence-corrected chi connectivity index (χ4v) is 2.00. The van der Waals surface area contributed by atoms with Gasteiger partial charge < -0.3 is 5.11 Å². The lowest BCUT2D eigenvalue weighted by Crippen LogP contribution is -2.04. The summed E-state index contributed by atoms with van der Waals surface area (Å²) in [5.41, 5.74) is 3.10. The molecule has 0 aliphatic rings. The maximum Gasteiger partial charge on any atom is 0.126 e. The number of hydrogen-bond donors (Lipinski definition) is 1. The lowest BCUT2D eigenvalue weighted by atomic mass is 9.98. The highest BCUT2D eigenvalue weighted by Gasteiger charge is 2.13. The van der Waals surface area contributed by atoms with Crippen LogP contribution in [-0.2, 0) is 6.42 Å². The second kappa shape index (κ2) is 5.49. The van der Waals surface area contributed by atoms with Crippen LogP contribution < -0.4 is 0 Å². The zero-order valence-corrected chi connectivity index (χ0v) is 11.0. The monoisotopic (exact) mass is 262 g/mol. The Hall–Kier alpha value is -1.74. The quantitative estimate of drug-likeness (QED) is 0.890. The lowest BCUT2D eigenvalue weighted by Gasteiger charge is -2.13. The van der Waals surface area contributed by atoms with Crippen molar-refractivity contribution in [3.8, 4) is 0 Å². The molecule has 0 amide bonds. The molecule has 2 aromatic carbocycles. The first-order valence-corrected chi connectivity index (χ1v) is 6.16. The first kappa shape index (κ1) is 13.7. The highest BCUT2D eigenvalue weighted by atomic mass is 19.1. The zero-order chi connectivity index (χ0) is 14.0. The van der Waals surface area contributed by atoms with Crippen molar-refractivity contribution in [2.75, 3.05) is 0 Å². The molecule has 0 bridgehead atoms. The number of aliphatic hydroxyl groups excluding tert-OH is 1. The van der Waals surface area contributed by atoms with Gasteiger partial charge >= 0.3 is 0 Å². The van der Waals surface area contributed by atoms with Crippen molar-refractivity contribution in [1.29, 1.82) is 0 Å². The summed E-state index contributed by atoms with van der Waals surface area (Å²) in [5.74, 6) is -0.993. The van der Waals surface area contributed by atoms with Crippen LogP contribution in [0.2, 0.25) is 0 Å². The van der Waals surface area contributed by atoms with Crippen LogP contribution >= 0.6 is 0 Å². The summed E-state index contributed by atoms with van der Waals surface area (Å²) in [4.78, 5) is 0. The van der Waals surface area contributed by atoms with Crippen molar-refractivity contribution in [3.05, 3.63) is 70.3 Å². The number of hydrogen-bond acceptors (Lipinski definition) is 1. The van der Waals surface area contributed by atoms with Gasteiger partial charge in [0.15, 0.2) is 0 Å². The van der Waals surface area contributed by atoms with Gasteiger partial charge in [-0.05, 0) is 54.3 Å². The van der Waals surface area contributed by atoms with E-state index in [1.165, 1.54) is 0 Å². The molecule has 1 unspecified atom stereocenters. The molecule has 1 nitrogen and oxygen atoms in total. The van der Waals surface area contributed by atoms with Crippen molar-refractivity contribution in [3.63, 3.8) is 0 Å². The molecule has 2 aromatic rings. The first-order chi connectivity index (χ1) is 8.97. The molecule has 0 saturated heterocycles. The predicted octanol–water partition coefficient (Wildman–Crippen LogP) is 3.86. The predicted molar refractivity (Wildman–Crippen MR) is 70.9 cm³/mol. The molecule has 100 valence electrons. The van der Waals surface area contributed by atoms with Crippen molar-refractivity contribution in [2.24, 2.45) is 0 Å². The number of rotatable bonds is 3. The second-order valence-corrected chi connectivity index (χ2v) is 4.80. The Labute approximate surface area is 111 Å². The Morgan fingerprint density at radius 2 is 1.74 bits per heavy atom. The van der Waals surface area contributed by atoms with Gasteiger partial charge in [0.2, 0.25) is 0 Å². The van der Waals surface area contributed by atoms with E-state index in [2.05, 4.69) is 0 Å². The summed E-state index contributed by atoms with van der Waals surface area (Å²) in [7, 11) is 0. The van der Waals surface area contributed by atoms with Gasteiger partial charge in [0.1, 0.15) is 11.6 Å². The van der Waals surface area contributed by atoms with E-state index in [1.807, 2.05) is 32.0 Å². The Morgan fingerprint density at radius 3 is 2.42 bits per heavy atom. The van der Waals surface area contributed by atoms with Gasteiger partial charge in [0.25, 0.3) is 0 Å². The maximum absolute atomic E-state index is 13.5. The number of halogens is 2. The van der Waals surface area contributed by atoms with Crippen molar-refractivity contribution in [1.82, 2.24) is 0 Å².